The Morgan fingerprint density at radius 3 is 2.62 bits per heavy atom. The quantitative estimate of drug-likeness (QED) is 0.833. The standard InChI is InChI=1S/C20H28N4O2/c1-13(2)19(14-5-7-16(26-4)8-6-14)23-20(25)18-11-21-10-17(18)15-9-22-24(3)12-15/h5-9,12-13,17-19,21H,10-11H2,1-4H3,(H,23,25)/t17-,18+,19?/m1/s1. The zero-order valence-corrected chi connectivity index (χ0v) is 15.9. The van der Waals surface area contributed by atoms with Gasteiger partial charge in [-0.1, -0.05) is 26.0 Å². The van der Waals surface area contributed by atoms with E-state index in [1.54, 1.807) is 11.8 Å². The van der Waals surface area contributed by atoms with Crippen LogP contribution in [0.15, 0.2) is 36.7 Å². The van der Waals surface area contributed by atoms with E-state index in [1.807, 2.05) is 43.7 Å². The number of nitrogens with zero attached hydrogens (tertiary/aromatic N) is 2. The van der Waals surface area contributed by atoms with E-state index < -0.39 is 0 Å². The summed E-state index contributed by atoms with van der Waals surface area (Å²) in [4.78, 5) is 13.0. The van der Waals surface area contributed by atoms with Crippen LogP contribution in [0.5, 0.6) is 5.75 Å². The van der Waals surface area contributed by atoms with E-state index in [2.05, 4.69) is 29.6 Å². The van der Waals surface area contributed by atoms with Crippen LogP contribution in [0.4, 0.5) is 0 Å². The van der Waals surface area contributed by atoms with Crippen LogP contribution in [0.1, 0.15) is 36.9 Å². The van der Waals surface area contributed by atoms with Gasteiger partial charge in [0.15, 0.2) is 0 Å². The van der Waals surface area contributed by atoms with Gasteiger partial charge in [-0.25, -0.2) is 0 Å². The highest BCUT2D eigenvalue weighted by Gasteiger charge is 2.36. The minimum absolute atomic E-state index is 0.0245. The summed E-state index contributed by atoms with van der Waals surface area (Å²) in [6, 6.07) is 7.90. The molecule has 0 bridgehead atoms. The van der Waals surface area contributed by atoms with Gasteiger partial charge in [0, 0.05) is 32.3 Å². The summed E-state index contributed by atoms with van der Waals surface area (Å²) < 4.78 is 7.02. The summed E-state index contributed by atoms with van der Waals surface area (Å²) in [5, 5.41) is 10.9. The van der Waals surface area contributed by atoms with E-state index in [-0.39, 0.29) is 23.8 Å². The molecule has 26 heavy (non-hydrogen) atoms. The number of methoxy groups -OCH3 is 1. The van der Waals surface area contributed by atoms with Gasteiger partial charge in [-0.2, -0.15) is 5.10 Å². The molecule has 0 spiro atoms. The van der Waals surface area contributed by atoms with Crippen LogP contribution in [-0.2, 0) is 11.8 Å². The predicted octanol–water partition coefficient (Wildman–Crippen LogP) is 2.25. The number of rotatable bonds is 6. The summed E-state index contributed by atoms with van der Waals surface area (Å²) >= 11 is 0. The third-order valence-electron chi connectivity index (χ3n) is 5.14. The van der Waals surface area contributed by atoms with Crippen molar-refractivity contribution in [3.63, 3.8) is 0 Å². The van der Waals surface area contributed by atoms with Gasteiger partial charge in [-0.3, -0.25) is 9.48 Å². The lowest BCUT2D eigenvalue weighted by Gasteiger charge is -2.26. The lowest BCUT2D eigenvalue weighted by Crippen LogP contribution is -2.38. The fourth-order valence-electron chi connectivity index (χ4n) is 3.64. The zero-order chi connectivity index (χ0) is 18.7. The number of aromatic nitrogens is 2. The molecule has 140 valence electrons. The van der Waals surface area contributed by atoms with Gasteiger partial charge in [0.2, 0.25) is 5.91 Å². The number of benzene rings is 1. The maximum absolute atomic E-state index is 13.0. The van der Waals surface area contributed by atoms with Crippen LogP contribution < -0.4 is 15.4 Å². The maximum atomic E-state index is 13.0. The summed E-state index contributed by atoms with van der Waals surface area (Å²) in [5.41, 5.74) is 2.21. The topological polar surface area (TPSA) is 68.2 Å². The van der Waals surface area contributed by atoms with Crippen LogP contribution in [0, 0.1) is 11.8 Å². The Morgan fingerprint density at radius 2 is 2.04 bits per heavy atom. The molecule has 1 amide bonds. The molecule has 0 aliphatic carbocycles. The second-order valence-electron chi connectivity index (χ2n) is 7.32. The van der Waals surface area contributed by atoms with Gasteiger partial charge in [0.1, 0.15) is 5.75 Å². The molecule has 6 nitrogen and oxygen atoms in total. The molecule has 3 rings (SSSR count). The van der Waals surface area contributed by atoms with E-state index in [0.29, 0.717) is 12.5 Å². The van der Waals surface area contributed by atoms with Crippen molar-refractivity contribution < 1.29 is 9.53 Å². The average Bonchev–Trinajstić information content (AvgIpc) is 3.28. The number of ether oxygens (including phenoxy) is 1. The van der Waals surface area contributed by atoms with E-state index in [1.165, 1.54) is 0 Å². The lowest BCUT2D eigenvalue weighted by molar-refractivity contribution is -0.125. The second kappa shape index (κ2) is 7.91. The minimum Gasteiger partial charge on any atom is -0.497 e. The molecule has 1 saturated heterocycles. The Kier molecular flexibility index (Phi) is 5.61. The van der Waals surface area contributed by atoms with E-state index in [9.17, 15) is 4.79 Å². The van der Waals surface area contributed by atoms with Gasteiger partial charge < -0.3 is 15.4 Å². The first-order valence-corrected chi connectivity index (χ1v) is 9.13. The molecule has 0 radical (unpaired) electrons. The van der Waals surface area contributed by atoms with Gasteiger partial charge >= 0.3 is 0 Å². The highest BCUT2D eigenvalue weighted by Crippen LogP contribution is 2.30. The molecule has 1 aliphatic rings. The van der Waals surface area contributed by atoms with Crippen molar-refractivity contribution in [3.8, 4) is 5.75 Å². The van der Waals surface area contributed by atoms with Crippen molar-refractivity contribution in [3.05, 3.63) is 47.8 Å². The SMILES string of the molecule is COc1ccc(C(NC(=O)[C@H]2CNC[C@@H]2c2cnn(C)c2)C(C)C)cc1. The number of carbonyl (C=O) groups is 1. The number of hydrogen-bond acceptors (Lipinski definition) is 4. The molecule has 1 aliphatic heterocycles. The summed E-state index contributed by atoms with van der Waals surface area (Å²) in [7, 11) is 3.56. The van der Waals surface area contributed by atoms with Crippen LogP contribution in [0.2, 0.25) is 0 Å². The van der Waals surface area contributed by atoms with Crippen molar-refractivity contribution in [2.45, 2.75) is 25.8 Å². The Morgan fingerprint density at radius 1 is 1.31 bits per heavy atom. The lowest BCUT2D eigenvalue weighted by atomic mass is 9.89. The highest BCUT2D eigenvalue weighted by atomic mass is 16.5. The normalized spacial score (nSPS) is 21.0. The first kappa shape index (κ1) is 18.5. The average molecular weight is 356 g/mol. The second-order valence-corrected chi connectivity index (χ2v) is 7.32. The zero-order valence-electron chi connectivity index (χ0n) is 15.9. The van der Waals surface area contributed by atoms with E-state index >= 15 is 0 Å². The molecule has 2 heterocycles. The van der Waals surface area contributed by atoms with Crippen molar-refractivity contribution in [1.29, 1.82) is 0 Å². The third-order valence-corrected chi connectivity index (χ3v) is 5.14. The van der Waals surface area contributed by atoms with E-state index in [0.717, 1.165) is 23.4 Å². The molecule has 1 aromatic carbocycles. The Hall–Kier alpha value is -2.34. The third kappa shape index (κ3) is 3.90. The molecule has 6 heteroatoms. The van der Waals surface area contributed by atoms with Crippen molar-refractivity contribution in [2.24, 2.45) is 18.9 Å². The molecule has 1 aromatic heterocycles. The number of hydrogen-bond donors (Lipinski definition) is 2. The number of aryl methyl sites for hydroxylation is 1. The summed E-state index contributed by atoms with van der Waals surface area (Å²) in [5.74, 6) is 1.28. The minimum atomic E-state index is -0.0845. The van der Waals surface area contributed by atoms with Gasteiger partial charge in [-0.05, 0) is 29.2 Å². The maximum Gasteiger partial charge on any atom is 0.225 e. The van der Waals surface area contributed by atoms with Gasteiger partial charge in [0.05, 0.1) is 25.3 Å². The molecule has 0 saturated carbocycles. The molecule has 1 unspecified atom stereocenters. The Bertz CT molecular complexity index is 739. The fourth-order valence-corrected chi connectivity index (χ4v) is 3.64. The predicted molar refractivity (Wildman–Crippen MR) is 101 cm³/mol. The van der Waals surface area contributed by atoms with E-state index in [4.69, 9.17) is 4.74 Å². The Labute approximate surface area is 154 Å². The van der Waals surface area contributed by atoms with Crippen LogP contribution in [0.25, 0.3) is 0 Å². The van der Waals surface area contributed by atoms with Crippen molar-refractivity contribution >= 4 is 5.91 Å². The molecule has 3 atom stereocenters. The largest absolute Gasteiger partial charge is 0.497 e. The summed E-state index contributed by atoms with van der Waals surface area (Å²) in [6.45, 7) is 5.75. The van der Waals surface area contributed by atoms with Gasteiger partial charge in [0.25, 0.3) is 0 Å². The van der Waals surface area contributed by atoms with Crippen LogP contribution in [-0.4, -0.2) is 35.9 Å². The fraction of sp³-hybridized carbons (Fsp3) is 0.500. The first-order chi connectivity index (χ1) is 12.5. The van der Waals surface area contributed by atoms with Crippen LogP contribution in [0.3, 0.4) is 0 Å². The number of carbonyl (C=O) groups excluding carboxylic acids is 1. The Balaban J connectivity index is 1.74. The molecular weight excluding hydrogens is 328 g/mol. The smallest absolute Gasteiger partial charge is 0.225 e. The summed E-state index contributed by atoms with van der Waals surface area (Å²) in [6.07, 6.45) is 3.86. The van der Waals surface area contributed by atoms with Crippen LogP contribution >= 0.6 is 0 Å². The molecule has 2 N–H and O–H groups in total. The van der Waals surface area contributed by atoms with Crippen molar-refractivity contribution in [2.75, 3.05) is 20.2 Å². The molecule has 2 aromatic rings. The first-order valence-electron chi connectivity index (χ1n) is 9.13. The molecular formula is C20H28N4O2. The molecule has 1 fully saturated rings. The van der Waals surface area contributed by atoms with Crippen molar-refractivity contribution in [1.82, 2.24) is 20.4 Å². The number of nitrogens with one attached hydrogen (secondary N) is 2. The number of amides is 1. The monoisotopic (exact) mass is 356 g/mol. The highest BCUT2D eigenvalue weighted by molar-refractivity contribution is 5.81. The van der Waals surface area contributed by atoms with Gasteiger partial charge in [-0.15, -0.1) is 0 Å².